The van der Waals surface area contributed by atoms with Crippen LogP contribution in [0.5, 0.6) is 0 Å². The molecule has 2 rings (SSSR count). The number of esters is 2. The Morgan fingerprint density at radius 3 is 1.75 bits per heavy atom. The Balaban J connectivity index is 2.22. The molecule has 1 amide bonds. The summed E-state index contributed by atoms with van der Waals surface area (Å²) in [4.78, 5) is 37.7. The molecule has 0 bridgehead atoms. The Kier molecular flexibility index (Phi) is 8.81. The van der Waals surface area contributed by atoms with Crippen molar-refractivity contribution in [2.45, 2.75) is 64.9 Å². The number of nitrogens with one attached hydrogen (secondary N) is 1. The van der Waals surface area contributed by atoms with Crippen molar-refractivity contribution < 1.29 is 28.6 Å². The van der Waals surface area contributed by atoms with E-state index in [-0.39, 0.29) is 0 Å². The zero-order valence-electron chi connectivity index (χ0n) is 19.2. The fourth-order valence-electron chi connectivity index (χ4n) is 3.02. The summed E-state index contributed by atoms with van der Waals surface area (Å²) in [7, 11) is 0. The van der Waals surface area contributed by atoms with E-state index >= 15 is 0 Å². The second-order valence-electron chi connectivity index (χ2n) is 8.37. The lowest BCUT2D eigenvalue weighted by Gasteiger charge is -2.32. The number of hydrogen-bond donors (Lipinski definition) is 1. The van der Waals surface area contributed by atoms with Crippen LogP contribution in [0.4, 0.5) is 4.79 Å². The van der Waals surface area contributed by atoms with Crippen LogP contribution in [-0.2, 0) is 14.2 Å². The summed E-state index contributed by atoms with van der Waals surface area (Å²) >= 11 is 0. The smallest absolute Gasteiger partial charge is 0.408 e. The molecule has 0 heterocycles. The summed E-state index contributed by atoms with van der Waals surface area (Å²) in [5.41, 5.74) is 0.0381. The third-order valence-electron chi connectivity index (χ3n) is 4.56. The van der Waals surface area contributed by atoms with Gasteiger partial charge in [-0.05, 0) is 58.4 Å². The number of benzene rings is 2. The van der Waals surface area contributed by atoms with Crippen molar-refractivity contribution in [2.24, 2.45) is 0 Å². The summed E-state index contributed by atoms with van der Waals surface area (Å²) in [5.74, 6) is -1.13. The summed E-state index contributed by atoms with van der Waals surface area (Å²) in [5, 5.41) is 2.74. The van der Waals surface area contributed by atoms with E-state index in [9.17, 15) is 14.4 Å². The minimum Gasteiger partial charge on any atom is -0.455 e. The number of alkyl carbamates (subject to hydrolysis) is 1. The second-order valence-corrected chi connectivity index (χ2v) is 8.37. The lowest BCUT2D eigenvalue weighted by Crippen LogP contribution is -2.51. The average molecular weight is 442 g/mol. The molecule has 0 aliphatic heterocycles. The van der Waals surface area contributed by atoms with E-state index in [1.165, 1.54) is 0 Å². The molecule has 7 nitrogen and oxygen atoms in total. The molecular formula is C25H31NO6. The van der Waals surface area contributed by atoms with Gasteiger partial charge >= 0.3 is 18.0 Å². The van der Waals surface area contributed by atoms with Gasteiger partial charge in [0.15, 0.2) is 6.10 Å². The molecule has 172 valence electrons. The van der Waals surface area contributed by atoms with Gasteiger partial charge in [-0.1, -0.05) is 43.3 Å². The first kappa shape index (κ1) is 24.9. The molecule has 0 saturated carbocycles. The van der Waals surface area contributed by atoms with Gasteiger partial charge in [0.1, 0.15) is 11.7 Å². The maximum Gasteiger partial charge on any atom is 0.408 e. The minimum atomic E-state index is -0.937. The Bertz CT molecular complexity index is 892. The molecule has 7 heteroatoms. The van der Waals surface area contributed by atoms with Crippen molar-refractivity contribution in [1.82, 2.24) is 5.32 Å². The number of rotatable bonds is 8. The van der Waals surface area contributed by atoms with Crippen molar-refractivity contribution >= 4 is 18.0 Å². The van der Waals surface area contributed by atoms with E-state index < -0.39 is 41.9 Å². The third kappa shape index (κ3) is 7.72. The van der Waals surface area contributed by atoms with Gasteiger partial charge in [-0.15, -0.1) is 0 Å². The predicted molar refractivity (Wildman–Crippen MR) is 120 cm³/mol. The van der Waals surface area contributed by atoms with Gasteiger partial charge in [-0.2, -0.15) is 0 Å². The molecule has 0 unspecified atom stereocenters. The Labute approximate surface area is 189 Å². The maximum absolute atomic E-state index is 12.7. The van der Waals surface area contributed by atoms with Crippen molar-refractivity contribution in [3.05, 3.63) is 71.8 Å². The molecule has 2 aromatic carbocycles. The van der Waals surface area contributed by atoms with E-state index in [1.54, 1.807) is 88.4 Å². The quantitative estimate of drug-likeness (QED) is 0.469. The van der Waals surface area contributed by atoms with Gasteiger partial charge in [-0.3, -0.25) is 0 Å². The highest BCUT2D eigenvalue weighted by Gasteiger charge is 2.34. The lowest BCUT2D eigenvalue weighted by molar-refractivity contribution is -0.0437. The molecule has 0 aliphatic carbocycles. The number of hydrogen-bond acceptors (Lipinski definition) is 6. The van der Waals surface area contributed by atoms with Crippen LogP contribution < -0.4 is 5.32 Å². The number of carbonyl (C=O) groups is 3. The number of carbonyl (C=O) groups excluding carboxylic acids is 3. The summed E-state index contributed by atoms with van der Waals surface area (Å²) in [6.07, 6.45) is -2.01. The molecule has 1 N–H and O–H groups in total. The number of ether oxygens (including phenoxy) is 3. The van der Waals surface area contributed by atoms with Crippen molar-refractivity contribution in [2.75, 3.05) is 0 Å². The van der Waals surface area contributed by atoms with Crippen LogP contribution in [-0.4, -0.2) is 41.9 Å². The largest absolute Gasteiger partial charge is 0.455 e. The van der Waals surface area contributed by atoms with Crippen molar-refractivity contribution in [3.8, 4) is 0 Å². The first-order valence-electron chi connectivity index (χ1n) is 10.6. The van der Waals surface area contributed by atoms with Gasteiger partial charge in [0.2, 0.25) is 0 Å². The SMILES string of the molecule is CC[C@H](NC(=O)OC(C)(C)C)[C@H](OC(=O)c1ccccc1)[C@@H](C)OC(=O)c1ccccc1. The van der Waals surface area contributed by atoms with Gasteiger partial charge < -0.3 is 19.5 Å². The van der Waals surface area contributed by atoms with E-state index in [0.29, 0.717) is 17.5 Å². The van der Waals surface area contributed by atoms with Crippen LogP contribution in [0.1, 0.15) is 61.8 Å². The fourth-order valence-corrected chi connectivity index (χ4v) is 3.02. The highest BCUT2D eigenvalue weighted by atomic mass is 16.6. The molecule has 2 aromatic rings. The van der Waals surface area contributed by atoms with E-state index in [0.717, 1.165) is 0 Å². The van der Waals surface area contributed by atoms with E-state index in [2.05, 4.69) is 5.32 Å². The number of amides is 1. The first-order chi connectivity index (χ1) is 15.1. The van der Waals surface area contributed by atoms with Gasteiger partial charge in [-0.25, -0.2) is 14.4 Å². The summed E-state index contributed by atoms with van der Waals surface area (Å²) in [6.45, 7) is 8.72. The van der Waals surface area contributed by atoms with Gasteiger partial charge in [0, 0.05) is 0 Å². The summed E-state index contributed by atoms with van der Waals surface area (Å²) in [6, 6.07) is 16.4. The molecular weight excluding hydrogens is 410 g/mol. The predicted octanol–water partition coefficient (Wildman–Crippen LogP) is 4.76. The van der Waals surface area contributed by atoms with Gasteiger partial charge in [0.05, 0.1) is 17.2 Å². The summed E-state index contributed by atoms with van der Waals surface area (Å²) < 4.78 is 16.7. The highest BCUT2D eigenvalue weighted by Crippen LogP contribution is 2.18. The monoisotopic (exact) mass is 441 g/mol. The zero-order chi connectivity index (χ0) is 23.7. The van der Waals surface area contributed by atoms with E-state index in [4.69, 9.17) is 14.2 Å². The molecule has 0 radical (unpaired) electrons. The Hall–Kier alpha value is -3.35. The first-order valence-corrected chi connectivity index (χ1v) is 10.6. The molecule has 0 aromatic heterocycles. The van der Waals surface area contributed by atoms with Crippen molar-refractivity contribution in [3.63, 3.8) is 0 Å². The standard InChI is InChI=1S/C25H31NO6/c1-6-20(26-24(29)32-25(3,4)5)21(31-23(28)19-15-11-8-12-16-19)17(2)30-22(27)18-13-9-7-10-14-18/h7-17,20-21H,6H2,1-5H3,(H,26,29)/t17-,20+,21-/m1/s1. The van der Waals surface area contributed by atoms with Crippen molar-refractivity contribution in [1.29, 1.82) is 0 Å². The molecule has 0 saturated heterocycles. The zero-order valence-corrected chi connectivity index (χ0v) is 19.2. The molecule has 0 fully saturated rings. The fraction of sp³-hybridized carbons (Fsp3) is 0.400. The van der Waals surface area contributed by atoms with E-state index in [1.807, 2.05) is 6.92 Å². The topological polar surface area (TPSA) is 90.9 Å². The minimum absolute atomic E-state index is 0.353. The van der Waals surface area contributed by atoms with Gasteiger partial charge in [0.25, 0.3) is 0 Å². The van der Waals surface area contributed by atoms with Crippen LogP contribution in [0, 0.1) is 0 Å². The molecule has 3 atom stereocenters. The normalized spacial score (nSPS) is 13.9. The molecule has 0 spiro atoms. The van der Waals surface area contributed by atoms with Crippen LogP contribution in [0.25, 0.3) is 0 Å². The Morgan fingerprint density at radius 1 is 0.844 bits per heavy atom. The molecule has 32 heavy (non-hydrogen) atoms. The second kappa shape index (κ2) is 11.3. The highest BCUT2D eigenvalue weighted by molar-refractivity contribution is 5.90. The molecule has 0 aliphatic rings. The third-order valence-corrected chi connectivity index (χ3v) is 4.56. The average Bonchev–Trinajstić information content (AvgIpc) is 2.75. The lowest BCUT2D eigenvalue weighted by atomic mass is 10.0. The Morgan fingerprint density at radius 2 is 1.31 bits per heavy atom. The van der Waals surface area contributed by atoms with Crippen LogP contribution >= 0.6 is 0 Å². The van der Waals surface area contributed by atoms with Crippen LogP contribution in [0.2, 0.25) is 0 Å². The van der Waals surface area contributed by atoms with Crippen LogP contribution in [0.3, 0.4) is 0 Å². The van der Waals surface area contributed by atoms with Crippen LogP contribution in [0.15, 0.2) is 60.7 Å². The maximum atomic E-state index is 12.7.